The second-order valence-electron chi connectivity index (χ2n) is 7.52. The molecule has 0 aliphatic rings. The first-order valence-electron chi connectivity index (χ1n) is 9.99. The summed E-state index contributed by atoms with van der Waals surface area (Å²) >= 11 is -5.70. The van der Waals surface area contributed by atoms with Gasteiger partial charge in [0.2, 0.25) is 0 Å². The van der Waals surface area contributed by atoms with Crippen LogP contribution in [0, 0.1) is 0 Å². The third-order valence-corrected chi connectivity index (χ3v) is 11.9. The first kappa shape index (κ1) is 28.7. The van der Waals surface area contributed by atoms with Gasteiger partial charge in [0, 0.05) is 0 Å². The van der Waals surface area contributed by atoms with E-state index in [9.17, 15) is 35.1 Å². The number of hydrogen-bond donors (Lipinski definition) is 0. The van der Waals surface area contributed by atoms with Crippen molar-refractivity contribution in [3.63, 3.8) is 0 Å². The van der Waals surface area contributed by atoms with E-state index in [0.29, 0.717) is 0 Å². The van der Waals surface area contributed by atoms with Gasteiger partial charge in [0.05, 0.1) is 0 Å². The molecule has 6 atom stereocenters. The van der Waals surface area contributed by atoms with Crippen LogP contribution in [-0.4, -0.2) is 66.1 Å². The average molecular weight is 610 g/mol. The van der Waals surface area contributed by atoms with Crippen LogP contribution in [0.5, 0.6) is 0 Å². The summed E-state index contributed by atoms with van der Waals surface area (Å²) in [6.45, 7) is 1.26. The Hall–Kier alpha value is -1.50. The molecule has 2 rings (SSSR count). The predicted octanol–water partition coefficient (Wildman–Crippen LogP) is 6.60. The van der Waals surface area contributed by atoms with Crippen LogP contribution >= 0.6 is 0 Å². The Balaban J connectivity index is 2.57. The molecule has 6 unspecified atom stereocenters. The zero-order chi connectivity index (χ0) is 25.6. The van der Waals surface area contributed by atoms with E-state index in [2.05, 4.69) is 0 Å². The van der Waals surface area contributed by atoms with Gasteiger partial charge < -0.3 is 0 Å². The molecular formula is C22H21F10OSn. The Morgan fingerprint density at radius 3 is 1.18 bits per heavy atom. The van der Waals surface area contributed by atoms with E-state index in [1.807, 2.05) is 0 Å². The van der Waals surface area contributed by atoms with Crippen molar-refractivity contribution in [1.82, 2.24) is 0 Å². The van der Waals surface area contributed by atoms with Crippen LogP contribution < -0.4 is 0 Å². The summed E-state index contributed by atoms with van der Waals surface area (Å²) < 4.78 is 135. The van der Waals surface area contributed by atoms with Gasteiger partial charge in [0.15, 0.2) is 0 Å². The molecule has 34 heavy (non-hydrogen) atoms. The van der Waals surface area contributed by atoms with Crippen LogP contribution in [0.25, 0.3) is 0 Å². The van der Waals surface area contributed by atoms with Crippen molar-refractivity contribution >= 4 is 20.2 Å². The summed E-state index contributed by atoms with van der Waals surface area (Å²) in [6.07, 6.45) is -22.7. The molecule has 1 radical (unpaired) electrons. The molecular weight excluding hydrogens is 589 g/mol. The second kappa shape index (κ2) is 12.5. The summed E-state index contributed by atoms with van der Waals surface area (Å²) in [4.78, 5) is 0. The number of rotatable bonds is 12. The fraction of sp³-hybridized carbons (Fsp3) is 0.455. The number of alkyl halides is 10. The van der Waals surface area contributed by atoms with E-state index >= 15 is 8.78 Å². The monoisotopic (exact) mass is 611 g/mol. The maximum absolute atomic E-state index is 15.0. The molecule has 0 bridgehead atoms. The fourth-order valence-corrected chi connectivity index (χ4v) is 9.58. The Bertz CT molecular complexity index is 794. The molecule has 0 N–H and O–H groups in total. The van der Waals surface area contributed by atoms with Gasteiger partial charge >= 0.3 is 197 Å². The van der Waals surface area contributed by atoms with Crippen molar-refractivity contribution in [3.05, 3.63) is 71.8 Å². The quantitative estimate of drug-likeness (QED) is 0.195. The molecule has 0 saturated heterocycles. The molecule has 0 heterocycles. The van der Waals surface area contributed by atoms with Gasteiger partial charge in [-0.1, -0.05) is 0 Å². The van der Waals surface area contributed by atoms with Crippen molar-refractivity contribution < 1.29 is 47.0 Å². The van der Waals surface area contributed by atoms with E-state index in [0.717, 1.165) is 0 Å². The molecule has 189 valence electrons. The van der Waals surface area contributed by atoms with Crippen LogP contribution in [0.1, 0.15) is 18.1 Å². The summed E-state index contributed by atoms with van der Waals surface area (Å²) in [5.41, 5.74) is -1.43. The van der Waals surface area contributed by atoms with Gasteiger partial charge in [-0.05, 0) is 0 Å². The van der Waals surface area contributed by atoms with E-state index in [-0.39, 0.29) is 11.1 Å². The Morgan fingerprint density at radius 1 is 0.559 bits per heavy atom. The number of hydrogen-bond acceptors (Lipinski definition) is 1. The summed E-state index contributed by atoms with van der Waals surface area (Å²) in [5, 5.41) is 0. The molecule has 0 fully saturated rings. The van der Waals surface area contributed by atoms with E-state index in [1.54, 1.807) is 12.1 Å². The van der Waals surface area contributed by atoms with E-state index < -0.39 is 71.7 Å². The van der Waals surface area contributed by atoms with Crippen molar-refractivity contribution in [1.29, 1.82) is 0 Å². The molecule has 0 aliphatic carbocycles. The van der Waals surface area contributed by atoms with Crippen LogP contribution in [0.4, 0.5) is 43.9 Å². The van der Waals surface area contributed by atoms with Crippen LogP contribution in [0.15, 0.2) is 60.7 Å². The number of benzene rings is 2. The van der Waals surface area contributed by atoms with Crippen LogP contribution in [0.2, 0.25) is 0 Å². The molecule has 12 heteroatoms. The van der Waals surface area contributed by atoms with Gasteiger partial charge in [-0.25, -0.2) is 0 Å². The molecule has 1 nitrogen and oxygen atoms in total. The van der Waals surface area contributed by atoms with Crippen molar-refractivity contribution in [2.24, 2.45) is 0 Å². The summed E-state index contributed by atoms with van der Waals surface area (Å²) in [5.74, 6) is 0. The molecule has 0 aliphatic heterocycles. The fourth-order valence-electron chi connectivity index (χ4n) is 3.21. The van der Waals surface area contributed by atoms with Gasteiger partial charge in [-0.15, -0.1) is 0 Å². The summed E-state index contributed by atoms with van der Waals surface area (Å²) in [7, 11) is 0. The first-order valence-corrected chi connectivity index (χ1v) is 14.4. The molecule has 2 aromatic carbocycles. The molecule has 0 aromatic heterocycles. The molecule has 2 aromatic rings. The van der Waals surface area contributed by atoms with Crippen molar-refractivity contribution in [2.45, 2.75) is 58.4 Å². The maximum atomic E-state index is 15.0. The van der Waals surface area contributed by atoms with Crippen molar-refractivity contribution in [2.75, 3.05) is 0 Å². The van der Waals surface area contributed by atoms with E-state index in [4.69, 9.17) is 3.07 Å². The molecule has 0 saturated carbocycles. The summed E-state index contributed by atoms with van der Waals surface area (Å²) in [6, 6.07) is 14.9. The van der Waals surface area contributed by atoms with Gasteiger partial charge in [-0.3, -0.25) is 0 Å². The Kier molecular flexibility index (Phi) is 10.5. The minimum atomic E-state index is -5.70. The van der Waals surface area contributed by atoms with Gasteiger partial charge in [0.25, 0.3) is 0 Å². The third-order valence-electron chi connectivity index (χ3n) is 5.16. The topological polar surface area (TPSA) is 9.23 Å². The third kappa shape index (κ3) is 6.58. The minimum absolute atomic E-state index is 0.209. The predicted molar refractivity (Wildman–Crippen MR) is 108 cm³/mol. The Labute approximate surface area is 197 Å². The van der Waals surface area contributed by atoms with Gasteiger partial charge in [-0.2, -0.15) is 0 Å². The zero-order valence-electron chi connectivity index (χ0n) is 17.6. The second-order valence-corrected chi connectivity index (χ2v) is 13.5. The first-order chi connectivity index (χ1) is 15.9. The molecule has 0 spiro atoms. The standard InChI is InChI=1S/C14H13O.2C4H4F5.Sn/c1-14(15,12-8-4-2-5-9-12)13-10-6-3-7-11-13;2*5-1-2(6)3(7)4(8)9;/h2-11H,1H3;2*1-4H;/q-1;;;+1. The molecule has 0 amide bonds. The zero-order valence-corrected chi connectivity index (χ0v) is 20.4. The number of halogens is 10. The SMILES string of the molecule is CC([O][Sn]([CH](F)C(F)C(F)C(F)F)[CH](F)C(F)C(F)C(F)F)(c1ccccc1)c1ccccc1. The van der Waals surface area contributed by atoms with Crippen LogP contribution in [-0.2, 0) is 8.68 Å². The van der Waals surface area contributed by atoms with E-state index in [1.165, 1.54) is 55.5 Å². The van der Waals surface area contributed by atoms with Crippen molar-refractivity contribution in [3.8, 4) is 0 Å². The van der Waals surface area contributed by atoms with Gasteiger partial charge in [0.1, 0.15) is 0 Å². The Morgan fingerprint density at radius 2 is 0.882 bits per heavy atom. The normalized spacial score (nSPS) is 18.1. The van der Waals surface area contributed by atoms with Crippen LogP contribution in [0.3, 0.4) is 0 Å². The average Bonchev–Trinajstić information content (AvgIpc) is 2.85.